The minimum absolute atomic E-state index is 0.0275. The van der Waals surface area contributed by atoms with E-state index in [1.54, 1.807) is 12.1 Å². The first kappa shape index (κ1) is 14.8. The third-order valence-electron chi connectivity index (χ3n) is 4.01. The fourth-order valence-corrected chi connectivity index (χ4v) is 2.78. The van der Waals surface area contributed by atoms with E-state index in [1.165, 1.54) is 24.3 Å². The average Bonchev–Trinajstić information content (AvgIpc) is 3.19. The van der Waals surface area contributed by atoms with Crippen LogP contribution < -0.4 is 0 Å². The summed E-state index contributed by atoms with van der Waals surface area (Å²) in [4.78, 5) is 21.0. The summed E-state index contributed by atoms with van der Waals surface area (Å²) in [6, 6.07) is 8.83. The molecule has 4 rings (SSSR count). The first-order chi connectivity index (χ1) is 12.0. The molecule has 0 amide bonds. The van der Waals surface area contributed by atoms with E-state index in [4.69, 9.17) is 0 Å². The monoisotopic (exact) mass is 338 g/mol. The minimum atomic E-state index is -0.467. The van der Waals surface area contributed by atoms with E-state index in [-0.39, 0.29) is 11.4 Å². The second kappa shape index (κ2) is 5.37. The van der Waals surface area contributed by atoms with Gasteiger partial charge in [-0.2, -0.15) is 10.2 Å². The quantitative estimate of drug-likeness (QED) is 0.432. The highest BCUT2D eigenvalue weighted by Crippen LogP contribution is 2.27. The first-order valence-electron chi connectivity index (χ1n) is 7.26. The zero-order valence-electron chi connectivity index (χ0n) is 12.6. The van der Waals surface area contributed by atoms with Gasteiger partial charge in [-0.15, -0.1) is 0 Å². The van der Waals surface area contributed by atoms with Gasteiger partial charge in [-0.1, -0.05) is 0 Å². The van der Waals surface area contributed by atoms with Crippen molar-refractivity contribution in [2.75, 3.05) is 0 Å². The van der Waals surface area contributed by atoms with Crippen LogP contribution in [0.15, 0.2) is 36.4 Å². The molecule has 0 saturated heterocycles. The maximum Gasteiger partial charge on any atom is 0.270 e. The molecule has 25 heavy (non-hydrogen) atoms. The van der Waals surface area contributed by atoms with Gasteiger partial charge in [0.2, 0.25) is 0 Å². The van der Waals surface area contributed by atoms with E-state index in [2.05, 4.69) is 20.4 Å². The predicted molar refractivity (Wildman–Crippen MR) is 88.3 cm³/mol. The summed E-state index contributed by atoms with van der Waals surface area (Å²) < 4.78 is 0. The number of aromatic amines is 2. The van der Waals surface area contributed by atoms with Crippen LogP contribution in [0.1, 0.15) is 11.4 Å². The molecule has 10 heteroatoms. The van der Waals surface area contributed by atoms with E-state index in [1.807, 2.05) is 0 Å². The van der Waals surface area contributed by atoms with Crippen molar-refractivity contribution in [3.63, 3.8) is 0 Å². The number of hydrogen-bond acceptors (Lipinski definition) is 6. The van der Waals surface area contributed by atoms with Gasteiger partial charge in [0.25, 0.3) is 11.4 Å². The number of nitro groups is 2. The zero-order chi connectivity index (χ0) is 17.6. The fraction of sp³-hybridized carbons (Fsp3) is 0.0667. The lowest BCUT2D eigenvalue weighted by Gasteiger charge is -1.98. The van der Waals surface area contributed by atoms with Crippen molar-refractivity contribution in [3.8, 4) is 0 Å². The van der Waals surface area contributed by atoms with E-state index in [0.717, 1.165) is 0 Å². The number of nitro benzene ring substituents is 2. The number of hydrogen-bond donors (Lipinski definition) is 2. The third-order valence-corrected chi connectivity index (χ3v) is 4.01. The molecule has 0 spiro atoms. The molecule has 0 saturated carbocycles. The molecule has 124 valence electrons. The van der Waals surface area contributed by atoms with Crippen LogP contribution in [0, 0.1) is 20.2 Å². The van der Waals surface area contributed by atoms with Crippen molar-refractivity contribution < 1.29 is 9.85 Å². The van der Waals surface area contributed by atoms with Crippen LogP contribution in [-0.2, 0) is 6.42 Å². The van der Waals surface area contributed by atoms with Gasteiger partial charge in [0.1, 0.15) is 0 Å². The van der Waals surface area contributed by atoms with E-state index < -0.39 is 9.85 Å². The Kier molecular flexibility index (Phi) is 3.17. The molecule has 0 radical (unpaired) electrons. The molecule has 2 aromatic heterocycles. The molecule has 2 aromatic carbocycles. The summed E-state index contributed by atoms with van der Waals surface area (Å²) in [5, 5.41) is 37.2. The van der Waals surface area contributed by atoms with Crippen molar-refractivity contribution in [2.24, 2.45) is 0 Å². The molecular formula is C15H10N6O4. The maximum atomic E-state index is 11.0. The van der Waals surface area contributed by atoms with E-state index in [0.29, 0.717) is 39.6 Å². The highest BCUT2D eigenvalue weighted by Gasteiger charge is 2.16. The Hall–Kier alpha value is -3.82. The second-order valence-electron chi connectivity index (χ2n) is 5.50. The van der Waals surface area contributed by atoms with Crippen LogP contribution in [0.5, 0.6) is 0 Å². The van der Waals surface area contributed by atoms with Crippen molar-refractivity contribution in [2.45, 2.75) is 6.42 Å². The summed E-state index contributed by atoms with van der Waals surface area (Å²) in [5.74, 6) is 0. The zero-order valence-corrected chi connectivity index (χ0v) is 12.6. The van der Waals surface area contributed by atoms with Gasteiger partial charge in [-0.3, -0.25) is 30.4 Å². The molecule has 0 aliphatic rings. The molecule has 4 aromatic rings. The van der Waals surface area contributed by atoms with E-state index >= 15 is 0 Å². The summed E-state index contributed by atoms with van der Waals surface area (Å²) in [6.45, 7) is 0. The number of benzene rings is 2. The van der Waals surface area contributed by atoms with Crippen LogP contribution in [0.4, 0.5) is 11.4 Å². The van der Waals surface area contributed by atoms with Gasteiger partial charge < -0.3 is 0 Å². The van der Waals surface area contributed by atoms with Crippen LogP contribution >= 0.6 is 0 Å². The van der Waals surface area contributed by atoms with E-state index in [9.17, 15) is 20.2 Å². The SMILES string of the molecule is O=[N+]([O-])c1ccc2n[nH]c(Cc3[nH]nc4ccc([N+](=O)[O-])cc34)c2c1. The smallest absolute Gasteiger partial charge is 0.270 e. The average molecular weight is 338 g/mol. The Morgan fingerprint density at radius 1 is 0.800 bits per heavy atom. The standard InChI is InChI=1S/C15H10N6O4/c22-20(23)8-1-3-12-10(5-8)14(18-16-12)7-15-11-6-9(21(24)25)2-4-13(11)17-19-15/h1-6H,7H2,(H,16,18)(H,17,19). The number of nitrogens with zero attached hydrogens (tertiary/aromatic N) is 4. The summed E-state index contributed by atoms with van der Waals surface area (Å²) in [6.07, 6.45) is 0.329. The lowest BCUT2D eigenvalue weighted by molar-refractivity contribution is -0.384. The molecule has 0 aliphatic carbocycles. The Balaban J connectivity index is 1.80. The Morgan fingerprint density at radius 2 is 1.24 bits per heavy atom. The molecule has 2 N–H and O–H groups in total. The molecule has 0 unspecified atom stereocenters. The predicted octanol–water partition coefficient (Wildman–Crippen LogP) is 2.85. The largest absolute Gasteiger partial charge is 0.281 e. The highest BCUT2D eigenvalue weighted by atomic mass is 16.6. The van der Waals surface area contributed by atoms with Gasteiger partial charge in [0.15, 0.2) is 0 Å². The number of rotatable bonds is 4. The summed E-state index contributed by atoms with van der Waals surface area (Å²) in [5.41, 5.74) is 2.48. The van der Waals surface area contributed by atoms with Gasteiger partial charge in [-0.25, -0.2) is 0 Å². The number of fused-ring (bicyclic) bond motifs is 2. The molecule has 10 nitrogen and oxygen atoms in total. The van der Waals surface area contributed by atoms with Crippen LogP contribution in [0.3, 0.4) is 0 Å². The number of aromatic nitrogens is 4. The Morgan fingerprint density at radius 3 is 1.64 bits per heavy atom. The first-order valence-corrected chi connectivity index (χ1v) is 7.26. The van der Waals surface area contributed by atoms with Gasteiger partial charge in [0, 0.05) is 52.8 Å². The molecule has 0 aliphatic heterocycles. The van der Waals surface area contributed by atoms with Crippen molar-refractivity contribution in [1.29, 1.82) is 0 Å². The van der Waals surface area contributed by atoms with Crippen LogP contribution in [0.25, 0.3) is 21.8 Å². The Bertz CT molecular complexity index is 1060. The summed E-state index contributed by atoms with van der Waals surface area (Å²) >= 11 is 0. The topological polar surface area (TPSA) is 144 Å². The van der Waals surface area contributed by atoms with Crippen molar-refractivity contribution in [1.82, 2.24) is 20.4 Å². The number of nitrogens with one attached hydrogen (secondary N) is 2. The fourth-order valence-electron chi connectivity index (χ4n) is 2.78. The second-order valence-corrected chi connectivity index (χ2v) is 5.50. The molecule has 0 bridgehead atoms. The molecule has 0 atom stereocenters. The lowest BCUT2D eigenvalue weighted by Crippen LogP contribution is -1.92. The molecule has 2 heterocycles. The number of non-ortho nitro benzene ring substituents is 2. The Labute approximate surface area is 138 Å². The van der Waals surface area contributed by atoms with Crippen LogP contribution in [-0.4, -0.2) is 30.2 Å². The third kappa shape index (κ3) is 2.45. The lowest BCUT2D eigenvalue weighted by atomic mass is 10.1. The molecular weight excluding hydrogens is 328 g/mol. The maximum absolute atomic E-state index is 11.0. The highest BCUT2D eigenvalue weighted by molar-refractivity contribution is 5.86. The summed E-state index contributed by atoms with van der Waals surface area (Å²) in [7, 11) is 0. The normalized spacial score (nSPS) is 11.2. The van der Waals surface area contributed by atoms with Crippen molar-refractivity contribution in [3.05, 3.63) is 68.0 Å². The van der Waals surface area contributed by atoms with Gasteiger partial charge in [0.05, 0.1) is 20.9 Å². The minimum Gasteiger partial charge on any atom is -0.281 e. The number of H-pyrrole nitrogens is 2. The molecule has 0 fully saturated rings. The van der Waals surface area contributed by atoms with Crippen LogP contribution in [0.2, 0.25) is 0 Å². The van der Waals surface area contributed by atoms with Crippen molar-refractivity contribution >= 4 is 33.2 Å². The van der Waals surface area contributed by atoms with Gasteiger partial charge in [-0.05, 0) is 12.1 Å². The van der Waals surface area contributed by atoms with Gasteiger partial charge >= 0.3 is 0 Å².